The first kappa shape index (κ1) is 19.4. The number of methoxy groups -OCH3 is 1. The number of anilines is 1. The molecular weight excluding hydrogens is 344 g/mol. The lowest BCUT2D eigenvalue weighted by Crippen LogP contribution is -2.46. The predicted octanol–water partition coefficient (Wildman–Crippen LogP) is 2.52. The zero-order chi connectivity index (χ0) is 18.6. The van der Waals surface area contributed by atoms with Crippen molar-refractivity contribution in [3.8, 4) is 11.5 Å². The average Bonchev–Trinajstić information content (AvgIpc) is 3.04. The molecule has 1 saturated carbocycles. The van der Waals surface area contributed by atoms with Crippen LogP contribution in [0.2, 0.25) is 0 Å². The molecule has 0 spiro atoms. The summed E-state index contributed by atoms with van der Waals surface area (Å²) < 4.78 is 34.6. The van der Waals surface area contributed by atoms with E-state index in [2.05, 4.69) is 5.32 Å². The largest absolute Gasteiger partial charge is 0.493 e. The monoisotopic (exact) mass is 370 g/mol. The average molecular weight is 370 g/mol. The fourth-order valence-electron chi connectivity index (χ4n) is 3.23. The number of nitrogens with one attached hydrogen (secondary N) is 1. The molecule has 1 N–H and O–H groups in total. The van der Waals surface area contributed by atoms with Crippen molar-refractivity contribution in [1.82, 2.24) is 4.90 Å². The summed E-state index contributed by atoms with van der Waals surface area (Å²) in [5.41, 5.74) is 0.565. The highest BCUT2D eigenvalue weighted by Crippen LogP contribution is 2.31. The van der Waals surface area contributed by atoms with E-state index in [-0.39, 0.29) is 12.1 Å². The Balaban J connectivity index is 2.12. The van der Waals surface area contributed by atoms with Crippen molar-refractivity contribution in [3.05, 3.63) is 18.2 Å². The van der Waals surface area contributed by atoms with E-state index in [1.165, 1.54) is 11.2 Å². The number of hydrogen-bond acceptors (Lipinski definition) is 5. The van der Waals surface area contributed by atoms with Crippen LogP contribution in [0.15, 0.2) is 18.2 Å². The number of carbonyl (C=O) groups excluding carboxylic acids is 1. The van der Waals surface area contributed by atoms with Gasteiger partial charge in [0.15, 0.2) is 21.3 Å². The summed E-state index contributed by atoms with van der Waals surface area (Å²) in [4.78, 5) is 14.0. The molecule has 25 heavy (non-hydrogen) atoms. The first-order valence-electron chi connectivity index (χ1n) is 8.31. The van der Waals surface area contributed by atoms with Crippen LogP contribution in [0.1, 0.15) is 26.2 Å². The van der Waals surface area contributed by atoms with E-state index < -0.39 is 15.1 Å². The van der Waals surface area contributed by atoms with Crippen LogP contribution in [-0.2, 0) is 9.84 Å². The molecule has 2 amide bonds. The predicted molar refractivity (Wildman–Crippen MR) is 97.2 cm³/mol. The van der Waals surface area contributed by atoms with E-state index in [0.717, 1.165) is 6.42 Å². The second kappa shape index (κ2) is 7.95. The Hall–Kier alpha value is -1.96. The molecule has 0 heterocycles. The van der Waals surface area contributed by atoms with Gasteiger partial charge in [-0.15, -0.1) is 0 Å². The lowest BCUT2D eigenvalue weighted by atomic mass is 10.2. The third kappa shape index (κ3) is 4.56. The summed E-state index contributed by atoms with van der Waals surface area (Å²) >= 11 is 0. The van der Waals surface area contributed by atoms with Crippen LogP contribution >= 0.6 is 0 Å². The minimum atomic E-state index is -3.18. The number of amides is 2. The molecule has 2 atom stereocenters. The molecule has 2 unspecified atom stereocenters. The van der Waals surface area contributed by atoms with Crippen molar-refractivity contribution in [3.63, 3.8) is 0 Å². The molecule has 7 nitrogen and oxygen atoms in total. The second-order valence-corrected chi connectivity index (χ2v) is 8.47. The Labute approximate surface area is 149 Å². The molecule has 0 aromatic heterocycles. The topological polar surface area (TPSA) is 84.9 Å². The number of urea groups is 1. The van der Waals surface area contributed by atoms with Crippen LogP contribution in [0.3, 0.4) is 0 Å². The normalized spacial score (nSPS) is 20.2. The lowest BCUT2D eigenvalue weighted by Gasteiger charge is -2.29. The standard InChI is InChI=1S/C17H26N2O5S/c1-5-24-15-11-12(9-10-14(15)23-3)18-17(20)19(2)13-7-6-8-16(13)25(4,21)22/h9-11,13,16H,5-8H2,1-4H3,(H,18,20). The summed E-state index contributed by atoms with van der Waals surface area (Å²) in [5.74, 6) is 1.13. The molecule has 1 aromatic rings. The van der Waals surface area contributed by atoms with Crippen LogP contribution in [0.4, 0.5) is 10.5 Å². The SMILES string of the molecule is CCOc1cc(NC(=O)N(C)C2CCCC2S(C)(=O)=O)ccc1OC. The third-order valence-electron chi connectivity index (χ3n) is 4.50. The van der Waals surface area contributed by atoms with Gasteiger partial charge in [0, 0.05) is 31.1 Å². The number of benzene rings is 1. The molecule has 0 bridgehead atoms. The molecule has 140 valence electrons. The maximum atomic E-state index is 12.5. The Morgan fingerprint density at radius 1 is 1.32 bits per heavy atom. The van der Waals surface area contributed by atoms with Crippen molar-refractivity contribution in [1.29, 1.82) is 0 Å². The Bertz CT molecular complexity index is 720. The van der Waals surface area contributed by atoms with Crippen LogP contribution < -0.4 is 14.8 Å². The van der Waals surface area contributed by atoms with E-state index in [9.17, 15) is 13.2 Å². The van der Waals surface area contributed by atoms with Crippen molar-refractivity contribution >= 4 is 21.6 Å². The van der Waals surface area contributed by atoms with E-state index in [1.807, 2.05) is 6.92 Å². The first-order chi connectivity index (χ1) is 11.8. The summed E-state index contributed by atoms with van der Waals surface area (Å²) in [6.45, 7) is 2.34. The Kier molecular flexibility index (Phi) is 6.16. The lowest BCUT2D eigenvalue weighted by molar-refractivity contribution is 0.205. The van der Waals surface area contributed by atoms with Crippen LogP contribution in [0.25, 0.3) is 0 Å². The van der Waals surface area contributed by atoms with Crippen LogP contribution in [-0.4, -0.2) is 57.7 Å². The highest BCUT2D eigenvalue weighted by molar-refractivity contribution is 7.91. The molecule has 0 saturated heterocycles. The van der Waals surface area contributed by atoms with Crippen molar-refractivity contribution in [2.45, 2.75) is 37.5 Å². The maximum Gasteiger partial charge on any atom is 0.321 e. The minimum Gasteiger partial charge on any atom is -0.493 e. The van der Waals surface area contributed by atoms with Gasteiger partial charge in [0.2, 0.25) is 0 Å². The Morgan fingerprint density at radius 2 is 2.04 bits per heavy atom. The van der Waals surface area contributed by atoms with Crippen molar-refractivity contribution in [2.24, 2.45) is 0 Å². The third-order valence-corrected chi connectivity index (χ3v) is 6.15. The molecule has 2 rings (SSSR count). The quantitative estimate of drug-likeness (QED) is 0.832. The number of sulfone groups is 1. The van der Waals surface area contributed by atoms with Gasteiger partial charge in [-0.05, 0) is 38.3 Å². The molecule has 1 fully saturated rings. The summed E-state index contributed by atoms with van der Waals surface area (Å²) in [5, 5.41) is 2.30. The van der Waals surface area contributed by atoms with E-state index in [0.29, 0.717) is 36.6 Å². The number of rotatable bonds is 6. The van der Waals surface area contributed by atoms with E-state index in [1.54, 1.807) is 32.4 Å². The van der Waals surface area contributed by atoms with Gasteiger partial charge in [-0.2, -0.15) is 0 Å². The molecule has 1 aromatic carbocycles. The number of carbonyl (C=O) groups is 1. The van der Waals surface area contributed by atoms with Gasteiger partial charge in [-0.1, -0.05) is 0 Å². The van der Waals surface area contributed by atoms with Crippen molar-refractivity contribution < 1.29 is 22.7 Å². The number of hydrogen-bond donors (Lipinski definition) is 1. The molecule has 1 aliphatic carbocycles. The van der Waals surface area contributed by atoms with Gasteiger partial charge >= 0.3 is 6.03 Å². The fourth-order valence-corrected chi connectivity index (χ4v) is 4.72. The smallest absolute Gasteiger partial charge is 0.321 e. The van der Waals surface area contributed by atoms with Gasteiger partial charge in [0.1, 0.15) is 0 Å². The Morgan fingerprint density at radius 3 is 2.64 bits per heavy atom. The highest BCUT2D eigenvalue weighted by atomic mass is 32.2. The molecule has 1 aliphatic rings. The van der Waals surface area contributed by atoms with Gasteiger partial charge in [0.05, 0.1) is 19.0 Å². The van der Waals surface area contributed by atoms with Crippen LogP contribution in [0.5, 0.6) is 11.5 Å². The first-order valence-corrected chi connectivity index (χ1v) is 10.3. The fraction of sp³-hybridized carbons (Fsp3) is 0.588. The summed E-state index contributed by atoms with van der Waals surface area (Å²) in [6.07, 6.45) is 3.32. The molecule has 0 radical (unpaired) electrons. The second-order valence-electron chi connectivity index (χ2n) is 6.21. The highest BCUT2D eigenvalue weighted by Gasteiger charge is 2.38. The van der Waals surface area contributed by atoms with Gasteiger partial charge in [-0.3, -0.25) is 0 Å². The van der Waals surface area contributed by atoms with E-state index >= 15 is 0 Å². The van der Waals surface area contributed by atoms with Gasteiger partial charge in [-0.25, -0.2) is 13.2 Å². The molecular formula is C17H26N2O5S. The zero-order valence-electron chi connectivity index (χ0n) is 15.1. The number of nitrogens with zero attached hydrogens (tertiary/aromatic N) is 1. The van der Waals surface area contributed by atoms with E-state index in [4.69, 9.17) is 9.47 Å². The zero-order valence-corrected chi connectivity index (χ0v) is 15.9. The summed E-state index contributed by atoms with van der Waals surface area (Å²) in [7, 11) is 0.00192. The number of ether oxygens (including phenoxy) is 2. The molecule has 8 heteroatoms. The molecule has 0 aliphatic heterocycles. The van der Waals surface area contributed by atoms with Crippen molar-refractivity contribution in [2.75, 3.05) is 32.3 Å². The van der Waals surface area contributed by atoms with Gasteiger partial charge < -0.3 is 19.7 Å². The van der Waals surface area contributed by atoms with Gasteiger partial charge in [0.25, 0.3) is 0 Å². The maximum absolute atomic E-state index is 12.5. The summed E-state index contributed by atoms with van der Waals surface area (Å²) in [6, 6.07) is 4.48. The minimum absolute atomic E-state index is 0.306. The van der Waals surface area contributed by atoms with Crippen LogP contribution in [0, 0.1) is 0 Å².